The Morgan fingerprint density at radius 1 is 1.52 bits per heavy atom. The first-order chi connectivity index (χ1) is 9.92. The first-order valence-electron chi connectivity index (χ1n) is 7.15. The molecule has 0 radical (unpaired) electrons. The number of carboxylic acid groups (broad SMARTS) is 1. The average Bonchev–Trinajstić information content (AvgIpc) is 2.85. The van der Waals surface area contributed by atoms with E-state index in [2.05, 4.69) is 17.2 Å². The van der Waals surface area contributed by atoms with Gasteiger partial charge in [0.1, 0.15) is 5.01 Å². The highest BCUT2D eigenvalue weighted by atomic mass is 32.1. The molecule has 1 saturated heterocycles. The van der Waals surface area contributed by atoms with Gasteiger partial charge in [-0.2, -0.15) is 0 Å². The Balaban J connectivity index is 1.82. The van der Waals surface area contributed by atoms with E-state index in [-0.39, 0.29) is 18.0 Å². The molecule has 6 nitrogen and oxygen atoms in total. The predicted molar refractivity (Wildman–Crippen MR) is 80.3 cm³/mol. The largest absolute Gasteiger partial charge is 0.481 e. The fourth-order valence-corrected chi connectivity index (χ4v) is 3.08. The van der Waals surface area contributed by atoms with Crippen molar-refractivity contribution in [1.82, 2.24) is 15.2 Å². The summed E-state index contributed by atoms with van der Waals surface area (Å²) in [5, 5.41) is 12.7. The summed E-state index contributed by atoms with van der Waals surface area (Å²) in [6, 6.07) is -0.275. The number of thiazole rings is 1. The molecule has 2 amide bonds. The number of carbonyl (C=O) groups is 2. The molecule has 1 aliphatic heterocycles. The molecule has 1 aromatic heterocycles. The number of hydrogen-bond donors (Lipinski definition) is 2. The van der Waals surface area contributed by atoms with Gasteiger partial charge in [-0.3, -0.25) is 4.79 Å². The minimum atomic E-state index is -0.802. The van der Waals surface area contributed by atoms with E-state index in [1.165, 1.54) is 4.88 Å². The van der Waals surface area contributed by atoms with Gasteiger partial charge in [-0.25, -0.2) is 9.78 Å². The highest BCUT2D eigenvalue weighted by Crippen LogP contribution is 2.25. The minimum Gasteiger partial charge on any atom is -0.481 e. The lowest BCUT2D eigenvalue weighted by Gasteiger charge is -2.41. The van der Waals surface area contributed by atoms with Crippen molar-refractivity contribution < 1.29 is 14.7 Å². The summed E-state index contributed by atoms with van der Waals surface area (Å²) in [4.78, 5) is 30.1. The second-order valence-electron chi connectivity index (χ2n) is 5.48. The molecule has 0 spiro atoms. The van der Waals surface area contributed by atoms with E-state index >= 15 is 0 Å². The molecule has 0 aromatic carbocycles. The first kappa shape index (κ1) is 15.8. The van der Waals surface area contributed by atoms with Crippen LogP contribution in [0.3, 0.4) is 0 Å². The maximum atomic E-state index is 12.1. The van der Waals surface area contributed by atoms with Gasteiger partial charge in [0.15, 0.2) is 0 Å². The van der Waals surface area contributed by atoms with Crippen molar-refractivity contribution in [3.8, 4) is 0 Å². The molecule has 1 aliphatic rings. The number of urea groups is 1. The molecule has 2 heterocycles. The summed E-state index contributed by atoms with van der Waals surface area (Å²) in [6.45, 7) is 6.68. The molecule has 2 atom stereocenters. The molecular weight excluding hydrogens is 290 g/mol. The van der Waals surface area contributed by atoms with E-state index in [9.17, 15) is 9.59 Å². The summed E-state index contributed by atoms with van der Waals surface area (Å²) in [7, 11) is 0. The van der Waals surface area contributed by atoms with Gasteiger partial charge in [0.25, 0.3) is 0 Å². The highest BCUT2D eigenvalue weighted by Gasteiger charge is 2.37. The molecule has 2 rings (SSSR count). The molecule has 21 heavy (non-hydrogen) atoms. The molecule has 1 fully saturated rings. The number of aryl methyl sites for hydroxylation is 1. The number of carbonyl (C=O) groups excluding carboxylic acids is 1. The lowest BCUT2D eigenvalue weighted by Crippen LogP contribution is -2.56. The third-order valence-corrected chi connectivity index (χ3v) is 5.25. The van der Waals surface area contributed by atoms with Gasteiger partial charge in [-0.1, -0.05) is 13.8 Å². The van der Waals surface area contributed by atoms with E-state index in [1.54, 1.807) is 23.2 Å². The van der Waals surface area contributed by atoms with Crippen LogP contribution in [0.5, 0.6) is 0 Å². The van der Waals surface area contributed by atoms with Crippen molar-refractivity contribution in [1.29, 1.82) is 0 Å². The van der Waals surface area contributed by atoms with Crippen molar-refractivity contribution in [3.05, 3.63) is 16.1 Å². The number of aromatic nitrogens is 1. The number of rotatable bonds is 5. The lowest BCUT2D eigenvalue weighted by atomic mass is 9.87. The highest BCUT2D eigenvalue weighted by molar-refractivity contribution is 7.11. The van der Waals surface area contributed by atoms with Crippen LogP contribution in [0.2, 0.25) is 0 Å². The molecule has 7 heteroatoms. The average molecular weight is 311 g/mol. The number of likely N-dealkylation sites (tertiary alicyclic amines) is 1. The lowest BCUT2D eigenvalue weighted by molar-refractivity contribution is -0.144. The van der Waals surface area contributed by atoms with Crippen molar-refractivity contribution in [2.75, 3.05) is 13.1 Å². The monoisotopic (exact) mass is 311 g/mol. The zero-order chi connectivity index (χ0) is 15.6. The van der Waals surface area contributed by atoms with Gasteiger partial charge < -0.3 is 15.3 Å². The predicted octanol–water partition coefficient (Wildman–Crippen LogP) is 2.13. The van der Waals surface area contributed by atoms with Crippen LogP contribution >= 0.6 is 11.3 Å². The Bertz CT molecular complexity index is 525. The Hall–Kier alpha value is -1.63. The van der Waals surface area contributed by atoms with Crippen LogP contribution in [0.4, 0.5) is 4.79 Å². The summed E-state index contributed by atoms with van der Waals surface area (Å²) >= 11 is 1.61. The summed E-state index contributed by atoms with van der Waals surface area (Å²) in [6.07, 6.45) is 2.79. The number of carboxylic acids is 1. The van der Waals surface area contributed by atoms with Crippen LogP contribution in [0.15, 0.2) is 6.20 Å². The van der Waals surface area contributed by atoms with Gasteiger partial charge in [-0.15, -0.1) is 11.3 Å². The summed E-state index contributed by atoms with van der Waals surface area (Å²) < 4.78 is 0. The third kappa shape index (κ3) is 3.53. The zero-order valence-electron chi connectivity index (χ0n) is 12.5. The van der Waals surface area contributed by atoms with Crippen molar-refractivity contribution in [3.63, 3.8) is 0 Å². The fourth-order valence-electron chi connectivity index (χ4n) is 2.22. The van der Waals surface area contributed by atoms with Gasteiger partial charge >= 0.3 is 12.0 Å². The molecule has 0 saturated carbocycles. The van der Waals surface area contributed by atoms with Crippen LogP contribution in [-0.2, 0) is 11.2 Å². The van der Waals surface area contributed by atoms with E-state index < -0.39 is 11.9 Å². The fraction of sp³-hybridized carbons (Fsp3) is 0.643. The quantitative estimate of drug-likeness (QED) is 0.872. The second-order valence-corrected chi connectivity index (χ2v) is 6.63. The van der Waals surface area contributed by atoms with Crippen molar-refractivity contribution in [2.24, 2.45) is 11.8 Å². The number of nitrogens with zero attached hydrogens (tertiary/aromatic N) is 2. The van der Waals surface area contributed by atoms with Crippen molar-refractivity contribution in [2.45, 2.75) is 33.2 Å². The Morgan fingerprint density at radius 2 is 2.19 bits per heavy atom. The second kappa shape index (κ2) is 6.43. The Kier molecular flexibility index (Phi) is 4.82. The van der Waals surface area contributed by atoms with Gasteiger partial charge in [-0.05, 0) is 13.3 Å². The smallest absolute Gasteiger partial charge is 0.317 e. The first-order valence-corrected chi connectivity index (χ1v) is 7.96. The van der Waals surface area contributed by atoms with E-state index in [0.717, 1.165) is 11.4 Å². The van der Waals surface area contributed by atoms with E-state index in [4.69, 9.17) is 5.11 Å². The van der Waals surface area contributed by atoms with Crippen LogP contribution in [0, 0.1) is 11.8 Å². The maximum absolute atomic E-state index is 12.1. The van der Waals surface area contributed by atoms with Crippen LogP contribution < -0.4 is 5.32 Å². The number of aliphatic carboxylic acids is 1. The maximum Gasteiger partial charge on any atom is 0.317 e. The number of hydrogen-bond acceptors (Lipinski definition) is 4. The molecule has 0 bridgehead atoms. The third-order valence-electron chi connectivity index (χ3n) is 3.92. The van der Waals surface area contributed by atoms with Gasteiger partial charge in [0.05, 0.1) is 12.0 Å². The molecular formula is C14H21N3O3S. The van der Waals surface area contributed by atoms with Crippen LogP contribution in [-0.4, -0.2) is 40.1 Å². The minimum absolute atomic E-state index is 0.0510. The summed E-state index contributed by atoms with van der Waals surface area (Å²) in [5.74, 6) is -1.16. The van der Waals surface area contributed by atoms with Gasteiger partial charge in [0.2, 0.25) is 0 Å². The normalized spacial score (nSPS) is 18.0. The molecule has 1 aromatic rings. The Morgan fingerprint density at radius 3 is 2.71 bits per heavy atom. The Labute approximate surface area is 128 Å². The number of amides is 2. The zero-order valence-corrected chi connectivity index (χ0v) is 13.3. The SMILES string of the molecule is CCc1cnc(C(C)NC(=O)N2CC(C(C)C(=O)O)C2)s1. The topological polar surface area (TPSA) is 82.5 Å². The van der Waals surface area contributed by atoms with Crippen LogP contribution in [0.25, 0.3) is 0 Å². The van der Waals surface area contributed by atoms with Crippen LogP contribution in [0.1, 0.15) is 36.7 Å². The van der Waals surface area contributed by atoms with Gasteiger partial charge in [0, 0.05) is 30.1 Å². The van der Waals surface area contributed by atoms with Crippen molar-refractivity contribution >= 4 is 23.3 Å². The number of nitrogens with one attached hydrogen (secondary N) is 1. The molecule has 116 valence electrons. The molecule has 0 aliphatic carbocycles. The summed E-state index contributed by atoms with van der Waals surface area (Å²) in [5.41, 5.74) is 0. The standard InChI is InChI=1S/C14H21N3O3S/c1-4-11-5-15-12(21-11)9(3)16-14(20)17-6-10(7-17)8(2)13(18)19/h5,8-10H,4,6-7H2,1-3H3,(H,16,20)(H,18,19). The molecule has 2 N–H and O–H groups in total. The molecule has 2 unspecified atom stereocenters. The van der Waals surface area contributed by atoms with E-state index in [0.29, 0.717) is 13.1 Å². The van der Waals surface area contributed by atoms with E-state index in [1.807, 2.05) is 13.1 Å².